The van der Waals surface area contributed by atoms with E-state index >= 15 is 0 Å². The summed E-state index contributed by atoms with van der Waals surface area (Å²) < 4.78 is 12.8. The van der Waals surface area contributed by atoms with Crippen LogP contribution in [-0.2, 0) is 0 Å². The van der Waals surface area contributed by atoms with Crippen LogP contribution < -0.4 is 0 Å². The van der Waals surface area contributed by atoms with Gasteiger partial charge in [0.2, 0.25) is 5.82 Å². The topological polar surface area (TPSA) is 66.9 Å². The summed E-state index contributed by atoms with van der Waals surface area (Å²) in [4.78, 5) is 9.30. The van der Waals surface area contributed by atoms with Crippen molar-refractivity contribution in [3.05, 3.63) is 38.7 Å². The molecule has 0 aromatic heterocycles. The minimum Gasteiger partial charge on any atom is -0.258 e. The molecular weight excluding hydrogens is 199 g/mol. The molecule has 0 aliphatic heterocycles. The molecule has 0 fully saturated rings. The van der Waals surface area contributed by atoms with Gasteiger partial charge in [-0.1, -0.05) is 11.6 Å². The second-order valence-corrected chi connectivity index (χ2v) is 2.56. The number of benzene rings is 1. The molecule has 6 heteroatoms. The van der Waals surface area contributed by atoms with Gasteiger partial charge < -0.3 is 0 Å². The molecule has 0 aliphatic rings. The van der Waals surface area contributed by atoms with E-state index in [1.54, 1.807) is 6.07 Å². The quantitative estimate of drug-likeness (QED) is 0.516. The summed E-state index contributed by atoms with van der Waals surface area (Å²) in [6.45, 7) is 0. The van der Waals surface area contributed by atoms with Crippen LogP contribution in [0.2, 0.25) is 5.02 Å². The normalized spacial score (nSPS) is 9.31. The molecule has 1 rings (SSSR count). The lowest BCUT2D eigenvalue weighted by atomic mass is 10.2. The lowest BCUT2D eigenvalue weighted by molar-refractivity contribution is -0.387. The Morgan fingerprint density at radius 1 is 1.62 bits per heavy atom. The maximum absolute atomic E-state index is 12.8. The molecule has 1 aromatic carbocycles. The Kier molecular flexibility index (Phi) is 2.44. The first kappa shape index (κ1) is 9.42. The molecular formula is C7H2ClFN2O2. The van der Waals surface area contributed by atoms with Crippen LogP contribution in [0.5, 0.6) is 0 Å². The van der Waals surface area contributed by atoms with E-state index in [-0.39, 0.29) is 10.6 Å². The maximum atomic E-state index is 12.8. The van der Waals surface area contributed by atoms with Gasteiger partial charge in [-0.2, -0.15) is 9.65 Å². The fraction of sp³-hybridized carbons (Fsp3) is 0. The lowest BCUT2D eigenvalue weighted by Crippen LogP contribution is -1.93. The van der Waals surface area contributed by atoms with Gasteiger partial charge in [-0.25, -0.2) is 0 Å². The average molecular weight is 201 g/mol. The van der Waals surface area contributed by atoms with Gasteiger partial charge in [0, 0.05) is 12.1 Å². The van der Waals surface area contributed by atoms with Crippen LogP contribution in [0.1, 0.15) is 5.56 Å². The third-order valence-corrected chi connectivity index (χ3v) is 1.67. The molecule has 0 radical (unpaired) electrons. The van der Waals surface area contributed by atoms with Gasteiger partial charge in [0.25, 0.3) is 0 Å². The SMILES string of the molecule is N#Cc1cc([N+](=O)[O-])c(F)cc1Cl. The van der Waals surface area contributed by atoms with Crippen molar-refractivity contribution < 1.29 is 9.31 Å². The molecule has 0 saturated heterocycles. The zero-order chi connectivity index (χ0) is 10.0. The van der Waals surface area contributed by atoms with Crippen molar-refractivity contribution in [3.63, 3.8) is 0 Å². The van der Waals surface area contributed by atoms with E-state index in [9.17, 15) is 14.5 Å². The molecule has 0 atom stereocenters. The van der Waals surface area contributed by atoms with E-state index in [4.69, 9.17) is 16.9 Å². The standard InChI is InChI=1S/C7H2ClFN2O2/c8-5-2-6(9)7(11(12)13)1-4(5)3-10/h1-2H. The monoisotopic (exact) mass is 200 g/mol. The number of rotatable bonds is 1. The number of nitrogens with zero attached hydrogens (tertiary/aromatic N) is 2. The van der Waals surface area contributed by atoms with E-state index in [0.717, 1.165) is 12.1 Å². The molecule has 13 heavy (non-hydrogen) atoms. The van der Waals surface area contributed by atoms with Gasteiger partial charge in [0.15, 0.2) is 0 Å². The predicted molar refractivity (Wildman–Crippen MR) is 42.8 cm³/mol. The zero-order valence-corrected chi connectivity index (χ0v) is 6.88. The predicted octanol–water partition coefficient (Wildman–Crippen LogP) is 2.26. The highest BCUT2D eigenvalue weighted by atomic mass is 35.5. The second-order valence-electron chi connectivity index (χ2n) is 2.15. The van der Waals surface area contributed by atoms with Crippen LogP contribution in [0.4, 0.5) is 10.1 Å². The fourth-order valence-electron chi connectivity index (χ4n) is 0.763. The summed E-state index contributed by atoms with van der Waals surface area (Å²) in [5.41, 5.74) is -0.865. The molecule has 0 heterocycles. The number of nitro benzene ring substituents is 1. The van der Waals surface area contributed by atoms with Crippen molar-refractivity contribution >= 4 is 17.3 Å². The van der Waals surface area contributed by atoms with Crippen molar-refractivity contribution in [2.24, 2.45) is 0 Å². The van der Waals surface area contributed by atoms with Crippen molar-refractivity contribution in [1.82, 2.24) is 0 Å². The van der Waals surface area contributed by atoms with Crippen LogP contribution in [0, 0.1) is 27.3 Å². The molecule has 0 saturated carbocycles. The Bertz CT molecular complexity index is 414. The molecule has 0 unspecified atom stereocenters. The molecule has 1 aromatic rings. The minimum atomic E-state index is -1.05. The lowest BCUT2D eigenvalue weighted by Gasteiger charge is -1.96. The molecule has 0 bridgehead atoms. The summed E-state index contributed by atoms with van der Waals surface area (Å²) in [5.74, 6) is -1.05. The molecule has 4 nitrogen and oxygen atoms in total. The highest BCUT2D eigenvalue weighted by Gasteiger charge is 2.17. The zero-order valence-electron chi connectivity index (χ0n) is 6.12. The molecule has 0 aliphatic carbocycles. The van der Waals surface area contributed by atoms with Gasteiger partial charge in [-0.3, -0.25) is 10.1 Å². The van der Waals surface area contributed by atoms with Gasteiger partial charge in [0.1, 0.15) is 6.07 Å². The Morgan fingerprint density at radius 3 is 2.69 bits per heavy atom. The van der Waals surface area contributed by atoms with Crippen molar-refractivity contribution in [3.8, 4) is 6.07 Å². The number of halogens is 2. The average Bonchev–Trinajstić information content (AvgIpc) is 2.03. The third kappa shape index (κ3) is 1.73. The number of nitro groups is 1. The summed E-state index contributed by atoms with van der Waals surface area (Å²) in [7, 11) is 0. The Hall–Kier alpha value is -1.67. The first-order valence-corrected chi connectivity index (χ1v) is 3.47. The Balaban J connectivity index is 3.41. The van der Waals surface area contributed by atoms with Gasteiger partial charge in [0.05, 0.1) is 15.5 Å². The Labute approximate surface area is 77.3 Å². The van der Waals surface area contributed by atoms with E-state index in [1.165, 1.54) is 0 Å². The number of nitriles is 1. The number of hydrogen-bond donors (Lipinski definition) is 0. The van der Waals surface area contributed by atoms with Crippen molar-refractivity contribution in [2.75, 3.05) is 0 Å². The largest absolute Gasteiger partial charge is 0.306 e. The van der Waals surface area contributed by atoms with Gasteiger partial charge >= 0.3 is 5.69 Å². The van der Waals surface area contributed by atoms with Crippen LogP contribution in [0.15, 0.2) is 12.1 Å². The maximum Gasteiger partial charge on any atom is 0.306 e. The first-order chi connectivity index (χ1) is 6.06. The van der Waals surface area contributed by atoms with E-state index in [0.29, 0.717) is 0 Å². The van der Waals surface area contributed by atoms with Crippen LogP contribution in [-0.4, -0.2) is 4.92 Å². The van der Waals surface area contributed by atoms with Crippen LogP contribution >= 0.6 is 11.6 Å². The minimum absolute atomic E-state index is 0.116. The summed E-state index contributed by atoms with van der Waals surface area (Å²) in [6.07, 6.45) is 0. The van der Waals surface area contributed by atoms with Crippen molar-refractivity contribution in [2.45, 2.75) is 0 Å². The first-order valence-electron chi connectivity index (χ1n) is 3.10. The van der Waals surface area contributed by atoms with Crippen LogP contribution in [0.3, 0.4) is 0 Å². The van der Waals surface area contributed by atoms with Gasteiger partial charge in [-0.15, -0.1) is 0 Å². The van der Waals surface area contributed by atoms with Crippen LogP contribution in [0.25, 0.3) is 0 Å². The molecule has 0 amide bonds. The van der Waals surface area contributed by atoms with E-state index in [1.807, 2.05) is 0 Å². The smallest absolute Gasteiger partial charge is 0.258 e. The summed E-state index contributed by atoms with van der Waals surface area (Å²) >= 11 is 5.42. The highest BCUT2D eigenvalue weighted by molar-refractivity contribution is 6.31. The van der Waals surface area contributed by atoms with Gasteiger partial charge in [-0.05, 0) is 0 Å². The van der Waals surface area contributed by atoms with E-state index < -0.39 is 16.4 Å². The van der Waals surface area contributed by atoms with E-state index in [2.05, 4.69) is 0 Å². The third-order valence-electron chi connectivity index (χ3n) is 1.35. The highest BCUT2D eigenvalue weighted by Crippen LogP contribution is 2.24. The molecule has 0 spiro atoms. The second kappa shape index (κ2) is 3.37. The number of hydrogen-bond acceptors (Lipinski definition) is 3. The van der Waals surface area contributed by atoms with Crippen molar-refractivity contribution in [1.29, 1.82) is 5.26 Å². The molecule has 0 N–H and O–H groups in total. The summed E-state index contributed by atoms with van der Waals surface area (Å²) in [6, 6.07) is 3.17. The fourth-order valence-corrected chi connectivity index (χ4v) is 0.956. The molecule has 66 valence electrons. The Morgan fingerprint density at radius 2 is 2.23 bits per heavy atom. The summed E-state index contributed by atoms with van der Waals surface area (Å²) in [5, 5.41) is 18.5.